The minimum absolute atomic E-state index is 0.0796. The van der Waals surface area contributed by atoms with Crippen LogP contribution in [0.3, 0.4) is 0 Å². The Hall–Kier alpha value is -3.02. The molecule has 0 radical (unpaired) electrons. The van der Waals surface area contributed by atoms with Crippen LogP contribution in [-0.2, 0) is 17.7 Å². The molecule has 0 N–H and O–H groups in total. The molecule has 166 valence electrons. The number of hydrogen-bond acceptors (Lipinski definition) is 4. The molecule has 3 rings (SSSR count). The van der Waals surface area contributed by atoms with Gasteiger partial charge in [-0.3, -0.25) is 4.79 Å². The van der Waals surface area contributed by atoms with E-state index in [-0.39, 0.29) is 16.6 Å². The molecule has 0 saturated heterocycles. The largest absolute Gasteiger partial charge is 0.497 e. The maximum absolute atomic E-state index is 12.7. The van der Waals surface area contributed by atoms with Crippen molar-refractivity contribution in [1.82, 2.24) is 4.57 Å². The van der Waals surface area contributed by atoms with Crippen molar-refractivity contribution in [2.45, 2.75) is 19.4 Å². The smallest absolute Gasteiger partial charge is 0.337 e. The first-order valence-electron chi connectivity index (χ1n) is 10.0. The zero-order valence-electron chi connectivity index (χ0n) is 17.8. The Balaban J connectivity index is 1.79. The molecule has 5 nitrogen and oxygen atoms in total. The number of aryl methyl sites for hydroxylation is 1. The predicted octanol–water partition coefficient (Wildman–Crippen LogP) is 5.75. The number of aromatic nitrogens is 1. The third kappa shape index (κ3) is 5.81. The Morgan fingerprint density at radius 2 is 1.75 bits per heavy atom. The van der Waals surface area contributed by atoms with E-state index in [1.807, 2.05) is 42.5 Å². The zero-order valence-corrected chi connectivity index (χ0v) is 19.3. The second-order valence-corrected chi connectivity index (χ2v) is 7.90. The van der Waals surface area contributed by atoms with Crippen LogP contribution in [0.25, 0.3) is 12.2 Å². The highest BCUT2D eigenvalue weighted by Gasteiger charge is 2.11. The van der Waals surface area contributed by atoms with Crippen molar-refractivity contribution in [2.24, 2.45) is 0 Å². The maximum atomic E-state index is 12.7. The molecular formula is C25H23Cl2NO4. The Labute approximate surface area is 196 Å². The number of halogens is 2. The highest BCUT2D eigenvalue weighted by molar-refractivity contribution is 6.35. The fourth-order valence-corrected chi connectivity index (χ4v) is 3.83. The number of ether oxygens (including phenoxy) is 2. The summed E-state index contributed by atoms with van der Waals surface area (Å²) in [7, 11) is 2.96. The quantitative estimate of drug-likeness (QED) is 0.392. The van der Waals surface area contributed by atoms with Gasteiger partial charge in [-0.05, 0) is 60.4 Å². The SMILES string of the molecule is COC(=O)c1ccc(CCCn2c(/C=C/c3cccc(OC)c3)c(Cl)cc(Cl)c2=O)cc1. The lowest BCUT2D eigenvalue weighted by Crippen LogP contribution is -2.23. The average molecular weight is 472 g/mol. The summed E-state index contributed by atoms with van der Waals surface area (Å²) in [4.78, 5) is 24.3. The van der Waals surface area contributed by atoms with Gasteiger partial charge in [0.25, 0.3) is 5.56 Å². The summed E-state index contributed by atoms with van der Waals surface area (Å²) in [5.41, 5.74) is 2.76. The van der Waals surface area contributed by atoms with Gasteiger partial charge in [0.05, 0.1) is 30.5 Å². The van der Waals surface area contributed by atoms with Crippen molar-refractivity contribution in [3.63, 3.8) is 0 Å². The van der Waals surface area contributed by atoms with Crippen molar-refractivity contribution >= 4 is 41.3 Å². The van der Waals surface area contributed by atoms with Crippen LogP contribution in [0.4, 0.5) is 0 Å². The predicted molar refractivity (Wildman–Crippen MR) is 129 cm³/mol. The van der Waals surface area contributed by atoms with E-state index < -0.39 is 0 Å². The lowest BCUT2D eigenvalue weighted by molar-refractivity contribution is 0.0600. The summed E-state index contributed by atoms with van der Waals surface area (Å²) in [5.74, 6) is 0.370. The first kappa shape index (κ1) is 23.6. The summed E-state index contributed by atoms with van der Waals surface area (Å²) in [5, 5.41) is 0.479. The Morgan fingerprint density at radius 1 is 1.00 bits per heavy atom. The molecule has 1 heterocycles. The molecule has 3 aromatic rings. The molecule has 1 aromatic heterocycles. The fourth-order valence-electron chi connectivity index (χ4n) is 3.29. The summed E-state index contributed by atoms with van der Waals surface area (Å²) < 4.78 is 11.6. The van der Waals surface area contributed by atoms with Crippen molar-refractivity contribution in [1.29, 1.82) is 0 Å². The lowest BCUT2D eigenvalue weighted by atomic mass is 10.1. The lowest BCUT2D eigenvalue weighted by Gasteiger charge is -2.13. The van der Waals surface area contributed by atoms with Gasteiger partial charge in [0.1, 0.15) is 10.8 Å². The van der Waals surface area contributed by atoms with E-state index in [1.165, 1.54) is 13.2 Å². The standard InChI is InChI=1S/C25H23Cl2NO4/c1-31-20-7-3-5-18(15-20)10-13-23-21(26)16-22(27)24(29)28(23)14-4-6-17-8-11-19(12-9-17)25(30)32-2/h3,5,7-13,15-16H,4,6,14H2,1-2H3/b13-10+. The van der Waals surface area contributed by atoms with Crippen LogP contribution < -0.4 is 10.3 Å². The molecule has 0 aliphatic rings. The number of carbonyl (C=O) groups is 1. The normalized spacial score (nSPS) is 11.0. The van der Waals surface area contributed by atoms with Crippen molar-refractivity contribution in [3.8, 4) is 5.75 Å². The summed E-state index contributed by atoms with van der Waals surface area (Å²) in [6, 6.07) is 16.3. The third-order valence-corrected chi connectivity index (χ3v) is 5.56. The number of esters is 1. The first-order chi connectivity index (χ1) is 15.4. The number of hydrogen-bond donors (Lipinski definition) is 0. The summed E-state index contributed by atoms with van der Waals surface area (Å²) in [6.07, 6.45) is 5.09. The molecule has 0 spiro atoms. The van der Waals surface area contributed by atoms with Crippen molar-refractivity contribution < 1.29 is 14.3 Å². The molecule has 2 aromatic carbocycles. The minimum atomic E-state index is -0.371. The molecule has 0 fully saturated rings. The minimum Gasteiger partial charge on any atom is -0.497 e. The number of pyridine rings is 1. The molecule has 0 unspecified atom stereocenters. The van der Waals surface area contributed by atoms with Crippen LogP contribution in [0.15, 0.2) is 59.4 Å². The highest BCUT2D eigenvalue weighted by atomic mass is 35.5. The van der Waals surface area contributed by atoms with E-state index in [1.54, 1.807) is 29.9 Å². The Kier molecular flexibility index (Phi) is 8.14. The first-order valence-corrected chi connectivity index (χ1v) is 10.8. The molecule has 0 bridgehead atoms. The molecule has 0 atom stereocenters. The van der Waals surface area contributed by atoms with Crippen molar-refractivity contribution in [2.75, 3.05) is 14.2 Å². The van der Waals surface area contributed by atoms with Crippen LogP contribution in [0.5, 0.6) is 5.75 Å². The van der Waals surface area contributed by atoms with Crippen LogP contribution in [-0.4, -0.2) is 24.8 Å². The molecule has 32 heavy (non-hydrogen) atoms. The van der Waals surface area contributed by atoms with Gasteiger partial charge < -0.3 is 14.0 Å². The Bertz CT molecular complexity index is 1180. The van der Waals surface area contributed by atoms with Crippen molar-refractivity contribution in [3.05, 3.63) is 97.4 Å². The number of methoxy groups -OCH3 is 2. The number of rotatable bonds is 8. The van der Waals surface area contributed by atoms with Gasteiger partial charge in [-0.15, -0.1) is 0 Å². The molecule has 0 aliphatic carbocycles. The average Bonchev–Trinajstić information content (AvgIpc) is 2.81. The molecular weight excluding hydrogens is 449 g/mol. The summed E-state index contributed by atoms with van der Waals surface area (Å²) in [6.45, 7) is 0.440. The molecule has 0 aliphatic heterocycles. The van der Waals surface area contributed by atoms with E-state index >= 15 is 0 Å². The second kappa shape index (κ2) is 11.0. The third-order valence-electron chi connectivity index (χ3n) is 4.99. The van der Waals surface area contributed by atoms with Gasteiger partial charge in [0.15, 0.2) is 0 Å². The Morgan fingerprint density at radius 3 is 2.44 bits per heavy atom. The van der Waals surface area contributed by atoms with Gasteiger partial charge in [-0.25, -0.2) is 4.79 Å². The maximum Gasteiger partial charge on any atom is 0.337 e. The number of nitrogens with zero attached hydrogens (tertiary/aromatic N) is 1. The van der Waals surface area contributed by atoms with E-state index in [0.29, 0.717) is 29.2 Å². The fraction of sp³-hybridized carbons (Fsp3) is 0.200. The number of carbonyl (C=O) groups excluding carboxylic acids is 1. The van der Waals surface area contributed by atoms with Crippen LogP contribution >= 0.6 is 23.2 Å². The van der Waals surface area contributed by atoms with Gasteiger partial charge in [-0.2, -0.15) is 0 Å². The molecule has 0 amide bonds. The van der Waals surface area contributed by atoms with Crippen LogP contribution in [0, 0.1) is 0 Å². The second-order valence-electron chi connectivity index (χ2n) is 7.08. The van der Waals surface area contributed by atoms with E-state index in [9.17, 15) is 9.59 Å². The molecule has 7 heteroatoms. The zero-order chi connectivity index (χ0) is 23.1. The summed E-state index contributed by atoms with van der Waals surface area (Å²) >= 11 is 12.5. The van der Waals surface area contributed by atoms with E-state index in [4.69, 9.17) is 32.7 Å². The van der Waals surface area contributed by atoms with Gasteiger partial charge >= 0.3 is 5.97 Å². The monoisotopic (exact) mass is 471 g/mol. The topological polar surface area (TPSA) is 57.5 Å². The van der Waals surface area contributed by atoms with Gasteiger partial charge in [-0.1, -0.05) is 53.5 Å². The van der Waals surface area contributed by atoms with Gasteiger partial charge in [0.2, 0.25) is 0 Å². The van der Waals surface area contributed by atoms with Crippen LogP contribution in [0.2, 0.25) is 10.0 Å². The number of benzene rings is 2. The van der Waals surface area contributed by atoms with E-state index in [2.05, 4.69) is 0 Å². The highest BCUT2D eigenvalue weighted by Crippen LogP contribution is 2.22. The van der Waals surface area contributed by atoms with E-state index in [0.717, 1.165) is 23.3 Å². The van der Waals surface area contributed by atoms with Gasteiger partial charge in [0, 0.05) is 6.54 Å². The van der Waals surface area contributed by atoms with Crippen LogP contribution in [0.1, 0.15) is 33.6 Å². The molecule has 0 saturated carbocycles.